The van der Waals surface area contributed by atoms with Crippen LogP contribution < -0.4 is 5.56 Å². The lowest BCUT2D eigenvalue weighted by Crippen LogP contribution is -2.08. The fourth-order valence-electron chi connectivity index (χ4n) is 1.78. The number of hydrogen-bond acceptors (Lipinski definition) is 1. The van der Waals surface area contributed by atoms with Crippen LogP contribution in [-0.4, -0.2) is 4.57 Å². The maximum absolute atomic E-state index is 11.5. The van der Waals surface area contributed by atoms with E-state index in [9.17, 15) is 4.79 Å². The van der Waals surface area contributed by atoms with Crippen molar-refractivity contribution in [3.05, 3.63) is 46.2 Å². The van der Waals surface area contributed by atoms with E-state index in [1.54, 1.807) is 17.7 Å². The van der Waals surface area contributed by atoms with Gasteiger partial charge in [-0.05, 0) is 23.6 Å². The lowest BCUT2D eigenvalue weighted by molar-refractivity contribution is 0.868. The van der Waals surface area contributed by atoms with Gasteiger partial charge in [-0.15, -0.1) is 0 Å². The lowest BCUT2D eigenvalue weighted by atomic mass is 10.0. The Morgan fingerprint density at radius 2 is 1.93 bits per heavy atom. The molecule has 2 heteroatoms. The van der Waals surface area contributed by atoms with Crippen molar-refractivity contribution in [3.8, 4) is 11.3 Å². The molecule has 0 bridgehead atoms. The normalized spacial score (nSPS) is 11.2. The van der Waals surface area contributed by atoms with Gasteiger partial charge in [-0.2, -0.15) is 0 Å². The SMILES string of the molecule is CC(C)c1cccc2n(C)c(=O)cc-2c1. The standard InChI is InChI=1S/C13H15NO/c1-9(2)10-5-4-6-12-11(7-10)8-13(15)14(12)3/h4-9H,1-3H3. The molecule has 15 heavy (non-hydrogen) atoms. The Hall–Kier alpha value is -1.57. The Balaban J connectivity index is 2.71. The summed E-state index contributed by atoms with van der Waals surface area (Å²) in [7, 11) is 1.81. The van der Waals surface area contributed by atoms with E-state index in [1.807, 2.05) is 12.1 Å². The van der Waals surface area contributed by atoms with Gasteiger partial charge in [-0.25, -0.2) is 0 Å². The third kappa shape index (κ3) is 1.67. The van der Waals surface area contributed by atoms with Crippen LogP contribution >= 0.6 is 0 Å². The monoisotopic (exact) mass is 201 g/mol. The Kier molecular flexibility index (Phi) is 2.35. The molecule has 0 saturated carbocycles. The van der Waals surface area contributed by atoms with E-state index in [0.717, 1.165) is 11.3 Å². The highest BCUT2D eigenvalue weighted by molar-refractivity contribution is 5.62. The van der Waals surface area contributed by atoms with Crippen LogP contribution in [0.1, 0.15) is 25.3 Å². The summed E-state index contributed by atoms with van der Waals surface area (Å²) in [5.41, 5.74) is 3.34. The Morgan fingerprint density at radius 1 is 1.20 bits per heavy atom. The molecule has 2 aliphatic rings. The molecule has 1 aliphatic carbocycles. The van der Waals surface area contributed by atoms with Crippen LogP contribution in [0.25, 0.3) is 11.3 Å². The lowest BCUT2D eigenvalue weighted by Gasteiger charge is -2.01. The summed E-state index contributed by atoms with van der Waals surface area (Å²) in [4.78, 5) is 11.5. The summed E-state index contributed by atoms with van der Waals surface area (Å²) in [6.45, 7) is 4.31. The van der Waals surface area contributed by atoms with Gasteiger partial charge in [-0.1, -0.05) is 26.0 Å². The van der Waals surface area contributed by atoms with E-state index in [0.29, 0.717) is 5.92 Å². The molecule has 1 aliphatic heterocycles. The minimum absolute atomic E-state index is 0.0610. The first-order valence-electron chi connectivity index (χ1n) is 5.19. The van der Waals surface area contributed by atoms with Gasteiger partial charge in [-0.3, -0.25) is 4.79 Å². The van der Waals surface area contributed by atoms with Crippen molar-refractivity contribution in [2.75, 3.05) is 0 Å². The van der Waals surface area contributed by atoms with Crippen molar-refractivity contribution < 1.29 is 0 Å². The highest BCUT2D eigenvalue weighted by Crippen LogP contribution is 2.23. The second-order valence-electron chi connectivity index (χ2n) is 4.21. The molecule has 2 rings (SSSR count). The zero-order valence-electron chi connectivity index (χ0n) is 9.32. The number of rotatable bonds is 1. The zero-order chi connectivity index (χ0) is 11.0. The van der Waals surface area contributed by atoms with Gasteiger partial charge in [0.25, 0.3) is 5.56 Å². The molecule has 0 atom stereocenters. The predicted molar refractivity (Wildman–Crippen MR) is 62.4 cm³/mol. The van der Waals surface area contributed by atoms with Crippen LogP contribution in [0.15, 0.2) is 35.1 Å². The molecule has 0 aromatic heterocycles. The molecule has 2 nitrogen and oxygen atoms in total. The summed E-state index contributed by atoms with van der Waals surface area (Å²) in [6, 6.07) is 9.90. The van der Waals surface area contributed by atoms with Gasteiger partial charge in [0.2, 0.25) is 0 Å². The minimum Gasteiger partial charge on any atom is -0.311 e. The zero-order valence-corrected chi connectivity index (χ0v) is 9.32. The van der Waals surface area contributed by atoms with Gasteiger partial charge in [0.1, 0.15) is 0 Å². The smallest absolute Gasteiger partial charge is 0.251 e. The van der Waals surface area contributed by atoms with Crippen molar-refractivity contribution >= 4 is 0 Å². The van der Waals surface area contributed by atoms with Gasteiger partial charge >= 0.3 is 0 Å². The van der Waals surface area contributed by atoms with Crippen molar-refractivity contribution in [1.29, 1.82) is 0 Å². The third-order valence-corrected chi connectivity index (χ3v) is 2.80. The minimum atomic E-state index is 0.0610. The number of aromatic nitrogens is 1. The van der Waals surface area contributed by atoms with Gasteiger partial charge < -0.3 is 4.57 Å². The van der Waals surface area contributed by atoms with E-state index in [4.69, 9.17) is 0 Å². The van der Waals surface area contributed by atoms with Crippen molar-refractivity contribution in [2.45, 2.75) is 19.8 Å². The fourth-order valence-corrected chi connectivity index (χ4v) is 1.78. The Bertz CT molecular complexity index is 511. The molecule has 0 unspecified atom stereocenters. The molecule has 78 valence electrons. The molecule has 0 fully saturated rings. The number of hydrogen-bond donors (Lipinski definition) is 0. The maximum Gasteiger partial charge on any atom is 0.251 e. The van der Waals surface area contributed by atoms with E-state index in [-0.39, 0.29) is 5.56 Å². The molecule has 0 spiro atoms. The largest absolute Gasteiger partial charge is 0.311 e. The van der Waals surface area contributed by atoms with Crippen LogP contribution in [0.4, 0.5) is 0 Å². The average Bonchev–Trinajstić information content (AvgIpc) is 2.41. The van der Waals surface area contributed by atoms with E-state index in [1.165, 1.54) is 5.56 Å². The topological polar surface area (TPSA) is 22.0 Å². The molecule has 0 saturated heterocycles. The van der Waals surface area contributed by atoms with E-state index < -0.39 is 0 Å². The van der Waals surface area contributed by atoms with Gasteiger partial charge in [0.15, 0.2) is 0 Å². The van der Waals surface area contributed by atoms with Crippen LogP contribution in [-0.2, 0) is 7.05 Å². The highest BCUT2D eigenvalue weighted by Gasteiger charge is 2.09. The maximum atomic E-state index is 11.5. The number of nitrogens with zero attached hydrogens (tertiary/aromatic N) is 1. The predicted octanol–water partition coefficient (Wildman–Crippen LogP) is 2.61. The quantitative estimate of drug-likeness (QED) is 0.695. The molecule has 0 amide bonds. The molecule has 0 aromatic rings. The van der Waals surface area contributed by atoms with Crippen LogP contribution in [0.2, 0.25) is 0 Å². The first-order valence-corrected chi connectivity index (χ1v) is 5.19. The fraction of sp³-hybridized carbons (Fsp3) is 0.308. The first-order chi connectivity index (χ1) is 7.09. The van der Waals surface area contributed by atoms with Crippen LogP contribution in [0.3, 0.4) is 0 Å². The van der Waals surface area contributed by atoms with E-state index in [2.05, 4.69) is 26.0 Å². The third-order valence-electron chi connectivity index (χ3n) is 2.80. The number of fused-ring (bicyclic) bond motifs is 1. The van der Waals surface area contributed by atoms with Crippen molar-refractivity contribution in [1.82, 2.24) is 4.57 Å². The molecule has 1 heterocycles. The average molecular weight is 201 g/mol. The molecule has 0 N–H and O–H groups in total. The molecule has 0 radical (unpaired) electrons. The molecule has 0 aromatic carbocycles. The van der Waals surface area contributed by atoms with Gasteiger partial charge in [0.05, 0.1) is 5.69 Å². The second-order valence-corrected chi connectivity index (χ2v) is 4.21. The molecular formula is C13H15NO. The summed E-state index contributed by atoms with van der Waals surface area (Å²) < 4.78 is 1.68. The highest BCUT2D eigenvalue weighted by atomic mass is 16.1. The summed E-state index contributed by atoms with van der Waals surface area (Å²) in [5, 5.41) is 0. The Labute approximate surface area is 89.5 Å². The Morgan fingerprint density at radius 3 is 2.60 bits per heavy atom. The van der Waals surface area contributed by atoms with Crippen molar-refractivity contribution in [3.63, 3.8) is 0 Å². The van der Waals surface area contributed by atoms with Crippen LogP contribution in [0, 0.1) is 0 Å². The van der Waals surface area contributed by atoms with Gasteiger partial charge in [0, 0.05) is 18.7 Å². The molecular weight excluding hydrogens is 186 g/mol. The van der Waals surface area contributed by atoms with Crippen molar-refractivity contribution in [2.24, 2.45) is 7.05 Å². The van der Waals surface area contributed by atoms with E-state index >= 15 is 0 Å². The summed E-state index contributed by atoms with van der Waals surface area (Å²) in [6.07, 6.45) is 0. The first kappa shape index (κ1) is 9.97. The second kappa shape index (κ2) is 3.54. The van der Waals surface area contributed by atoms with Crippen LogP contribution in [0.5, 0.6) is 0 Å². The summed E-state index contributed by atoms with van der Waals surface area (Å²) in [5.74, 6) is 0.482. The summed E-state index contributed by atoms with van der Waals surface area (Å²) >= 11 is 0.